The lowest BCUT2D eigenvalue weighted by Gasteiger charge is -2.07. The van der Waals surface area contributed by atoms with E-state index in [2.05, 4.69) is 75.9 Å². The zero-order chi connectivity index (χ0) is 21.0. The second-order valence-electron chi connectivity index (χ2n) is 7.48. The van der Waals surface area contributed by atoms with Crippen molar-refractivity contribution in [3.8, 4) is 0 Å². The minimum atomic E-state index is -0.225. The number of hydrazone groups is 1. The van der Waals surface area contributed by atoms with Crippen molar-refractivity contribution in [2.45, 2.75) is 6.54 Å². The zero-order valence-corrected chi connectivity index (χ0v) is 16.9. The maximum Gasteiger partial charge on any atom is 0.271 e. The smallest absolute Gasteiger partial charge is 0.271 e. The molecule has 5 aromatic rings. The highest BCUT2D eigenvalue weighted by Gasteiger charge is 2.08. The summed E-state index contributed by atoms with van der Waals surface area (Å²) in [6.45, 7) is 0.759. The quantitative estimate of drug-likeness (QED) is 0.301. The first-order chi connectivity index (χ1) is 15.3. The normalized spacial score (nSPS) is 11.4. The molecule has 0 radical (unpaired) electrons. The molecule has 1 heterocycles. The fourth-order valence-electron chi connectivity index (χ4n) is 3.86. The van der Waals surface area contributed by atoms with Crippen molar-refractivity contribution in [2.24, 2.45) is 5.10 Å². The second kappa shape index (κ2) is 8.28. The number of benzene rings is 4. The molecule has 0 saturated heterocycles. The predicted octanol–water partition coefficient (Wildman–Crippen LogP) is 5.61. The summed E-state index contributed by atoms with van der Waals surface area (Å²) >= 11 is 0. The summed E-state index contributed by atoms with van der Waals surface area (Å²) in [4.78, 5) is 12.2. The van der Waals surface area contributed by atoms with Gasteiger partial charge in [0.2, 0.25) is 0 Å². The Morgan fingerprint density at radius 3 is 2.45 bits per heavy atom. The van der Waals surface area contributed by atoms with Gasteiger partial charge in [-0.25, -0.2) is 5.43 Å². The molecule has 1 aromatic heterocycles. The lowest BCUT2D eigenvalue weighted by Crippen LogP contribution is -2.17. The largest absolute Gasteiger partial charge is 0.342 e. The molecule has 0 atom stereocenters. The Hall–Kier alpha value is -4.18. The lowest BCUT2D eigenvalue weighted by molar-refractivity contribution is 0.0955. The van der Waals surface area contributed by atoms with E-state index in [1.165, 1.54) is 16.3 Å². The third-order valence-electron chi connectivity index (χ3n) is 5.39. The first kappa shape index (κ1) is 18.8. The Labute approximate surface area is 180 Å². The average Bonchev–Trinajstić information content (AvgIpc) is 3.17. The molecule has 0 fully saturated rings. The molecule has 1 N–H and O–H groups in total. The van der Waals surface area contributed by atoms with Crippen LogP contribution in [0.4, 0.5) is 0 Å². The minimum Gasteiger partial charge on any atom is -0.342 e. The molecule has 5 rings (SSSR count). The van der Waals surface area contributed by atoms with Crippen LogP contribution < -0.4 is 5.43 Å². The molecule has 0 saturated carbocycles. The molecule has 150 valence electrons. The Bertz CT molecular complexity index is 1400. The van der Waals surface area contributed by atoms with Gasteiger partial charge >= 0.3 is 0 Å². The number of nitrogens with one attached hydrogen (secondary N) is 1. The summed E-state index contributed by atoms with van der Waals surface area (Å²) in [5.41, 5.74) is 6.52. The summed E-state index contributed by atoms with van der Waals surface area (Å²) < 4.78 is 2.22. The molecule has 4 nitrogen and oxygen atoms in total. The minimum absolute atomic E-state index is 0.225. The average molecular weight is 403 g/mol. The topological polar surface area (TPSA) is 46.4 Å². The van der Waals surface area contributed by atoms with Crippen molar-refractivity contribution in [1.29, 1.82) is 0 Å². The molecule has 0 bridgehead atoms. The van der Waals surface area contributed by atoms with E-state index in [1.54, 1.807) is 18.3 Å². The number of hydrogen-bond donors (Lipinski definition) is 1. The number of para-hydroxylation sites is 1. The number of nitrogens with zero attached hydrogens (tertiary/aromatic N) is 2. The van der Waals surface area contributed by atoms with Gasteiger partial charge in [0.15, 0.2) is 0 Å². The predicted molar refractivity (Wildman–Crippen MR) is 126 cm³/mol. The van der Waals surface area contributed by atoms with Gasteiger partial charge in [-0.15, -0.1) is 0 Å². The van der Waals surface area contributed by atoms with Crippen molar-refractivity contribution in [3.63, 3.8) is 0 Å². The summed E-state index contributed by atoms with van der Waals surface area (Å²) in [5, 5.41) is 7.77. The van der Waals surface area contributed by atoms with Crippen LogP contribution in [-0.4, -0.2) is 16.7 Å². The maximum absolute atomic E-state index is 12.2. The fourth-order valence-corrected chi connectivity index (χ4v) is 3.86. The molecule has 4 heteroatoms. The van der Waals surface area contributed by atoms with E-state index in [9.17, 15) is 4.79 Å². The molecule has 0 spiro atoms. The van der Waals surface area contributed by atoms with Crippen LogP contribution >= 0.6 is 0 Å². The van der Waals surface area contributed by atoms with E-state index in [0.29, 0.717) is 5.56 Å². The number of aromatic nitrogens is 1. The highest BCUT2D eigenvalue weighted by molar-refractivity contribution is 6.00. The first-order valence-electron chi connectivity index (χ1n) is 10.2. The molecule has 0 aliphatic heterocycles. The number of amides is 1. The van der Waals surface area contributed by atoms with Gasteiger partial charge in [-0.2, -0.15) is 5.10 Å². The van der Waals surface area contributed by atoms with Gasteiger partial charge in [0.25, 0.3) is 5.91 Å². The van der Waals surface area contributed by atoms with E-state index in [0.717, 1.165) is 23.0 Å². The Morgan fingerprint density at radius 1 is 0.839 bits per heavy atom. The standard InChI is InChI=1S/C27H21N3O/c31-27(22-9-2-1-3-10-22)29-28-17-24-19-30(26-13-7-6-12-25(24)26)18-20-14-15-21-8-4-5-11-23(21)16-20/h1-17,19H,18H2,(H,29,31)/b28-17+. The summed E-state index contributed by atoms with van der Waals surface area (Å²) in [5.74, 6) is -0.225. The highest BCUT2D eigenvalue weighted by Crippen LogP contribution is 2.23. The van der Waals surface area contributed by atoms with Crippen molar-refractivity contribution >= 4 is 33.8 Å². The van der Waals surface area contributed by atoms with Gasteiger partial charge in [0.1, 0.15) is 0 Å². The molecule has 0 aliphatic rings. The van der Waals surface area contributed by atoms with Crippen molar-refractivity contribution < 1.29 is 4.79 Å². The van der Waals surface area contributed by atoms with Gasteiger partial charge in [-0.05, 0) is 40.6 Å². The summed E-state index contributed by atoms with van der Waals surface area (Å²) in [7, 11) is 0. The summed E-state index contributed by atoms with van der Waals surface area (Å²) in [6.07, 6.45) is 3.79. The number of carbonyl (C=O) groups excluding carboxylic acids is 1. The van der Waals surface area contributed by atoms with Crippen molar-refractivity contribution in [1.82, 2.24) is 9.99 Å². The van der Waals surface area contributed by atoms with Crippen LogP contribution in [0, 0.1) is 0 Å². The van der Waals surface area contributed by atoms with E-state index >= 15 is 0 Å². The van der Waals surface area contributed by atoms with Crippen molar-refractivity contribution in [3.05, 3.63) is 120 Å². The van der Waals surface area contributed by atoms with Gasteiger partial charge in [-0.1, -0.05) is 72.8 Å². The lowest BCUT2D eigenvalue weighted by atomic mass is 10.1. The van der Waals surface area contributed by atoms with Crippen LogP contribution in [0.1, 0.15) is 21.5 Å². The first-order valence-corrected chi connectivity index (χ1v) is 10.2. The van der Waals surface area contributed by atoms with Gasteiger partial charge < -0.3 is 4.57 Å². The van der Waals surface area contributed by atoms with Gasteiger partial charge in [0, 0.05) is 34.8 Å². The maximum atomic E-state index is 12.2. The van der Waals surface area contributed by atoms with Crippen LogP contribution in [0.3, 0.4) is 0 Å². The van der Waals surface area contributed by atoms with Crippen LogP contribution in [0.25, 0.3) is 21.7 Å². The molecule has 4 aromatic carbocycles. The molecule has 1 amide bonds. The van der Waals surface area contributed by atoms with Crippen molar-refractivity contribution in [2.75, 3.05) is 0 Å². The number of rotatable bonds is 5. The number of fused-ring (bicyclic) bond motifs is 2. The van der Waals surface area contributed by atoms with E-state index in [-0.39, 0.29) is 5.91 Å². The SMILES string of the molecule is O=C(N/N=C/c1cn(Cc2ccc3ccccc3c2)c2ccccc12)c1ccccc1. The second-order valence-corrected chi connectivity index (χ2v) is 7.48. The Kier molecular flexibility index (Phi) is 5.03. The van der Waals surface area contributed by atoms with E-state index < -0.39 is 0 Å². The molecule has 0 aliphatic carbocycles. The third-order valence-corrected chi connectivity index (χ3v) is 5.39. The van der Waals surface area contributed by atoms with E-state index in [4.69, 9.17) is 0 Å². The molecular weight excluding hydrogens is 382 g/mol. The molecule has 0 unspecified atom stereocenters. The summed E-state index contributed by atoms with van der Waals surface area (Å²) in [6, 6.07) is 32.3. The van der Waals surface area contributed by atoms with Crippen LogP contribution in [0.2, 0.25) is 0 Å². The zero-order valence-electron chi connectivity index (χ0n) is 16.9. The van der Waals surface area contributed by atoms with Crippen LogP contribution in [0.15, 0.2) is 108 Å². The number of hydrogen-bond acceptors (Lipinski definition) is 2. The Morgan fingerprint density at radius 2 is 1.58 bits per heavy atom. The number of carbonyl (C=O) groups is 1. The molecular formula is C27H21N3O. The monoisotopic (exact) mass is 403 g/mol. The highest BCUT2D eigenvalue weighted by atomic mass is 16.2. The fraction of sp³-hybridized carbons (Fsp3) is 0.0370. The van der Waals surface area contributed by atoms with E-state index in [1.807, 2.05) is 30.3 Å². The van der Waals surface area contributed by atoms with Crippen LogP contribution in [0.5, 0.6) is 0 Å². The molecule has 31 heavy (non-hydrogen) atoms. The van der Waals surface area contributed by atoms with Gasteiger partial charge in [-0.3, -0.25) is 4.79 Å². The van der Waals surface area contributed by atoms with Gasteiger partial charge in [0.05, 0.1) is 6.21 Å². The van der Waals surface area contributed by atoms with Crippen LogP contribution in [-0.2, 0) is 6.54 Å². The third kappa shape index (κ3) is 3.96. The Balaban J connectivity index is 1.41.